The Balaban J connectivity index is 1.67. The number of nitrogens with zero attached hydrogens (tertiary/aromatic N) is 5. The Hall–Kier alpha value is -1.14. The monoisotopic (exact) mass is 449 g/mol. The summed E-state index contributed by atoms with van der Waals surface area (Å²) in [6.45, 7) is 4.97. The van der Waals surface area contributed by atoms with Crippen LogP contribution in [-0.2, 0) is 14.2 Å². The summed E-state index contributed by atoms with van der Waals surface area (Å²) in [5.41, 5.74) is 0.870. The van der Waals surface area contributed by atoms with E-state index >= 15 is 0 Å². The van der Waals surface area contributed by atoms with Gasteiger partial charge in [0, 0.05) is 12.2 Å². The van der Waals surface area contributed by atoms with Crippen LogP contribution < -0.4 is 0 Å². The first-order valence-electron chi connectivity index (χ1n) is 9.45. The van der Waals surface area contributed by atoms with E-state index in [1.165, 1.54) is 11.8 Å². The lowest BCUT2D eigenvalue weighted by atomic mass is 10.2. The molecule has 0 bridgehead atoms. The van der Waals surface area contributed by atoms with Crippen molar-refractivity contribution in [3.8, 4) is 0 Å². The van der Waals surface area contributed by atoms with Gasteiger partial charge < -0.3 is 14.2 Å². The number of thioether (sulfide) groups is 1. The second-order valence-corrected chi connectivity index (χ2v) is 8.90. The molecular formula is C17H22ClF2N5O3S. The van der Waals surface area contributed by atoms with Crippen molar-refractivity contribution in [1.82, 2.24) is 25.0 Å². The van der Waals surface area contributed by atoms with Crippen LogP contribution in [0.2, 0.25) is 5.15 Å². The van der Waals surface area contributed by atoms with Crippen molar-refractivity contribution in [3.05, 3.63) is 5.15 Å². The number of aromatic nitrogens is 5. The first-order chi connectivity index (χ1) is 13.8. The molecule has 2 fully saturated rings. The smallest absolute Gasteiger partial charge is 0.261 e. The number of alkyl halides is 2. The van der Waals surface area contributed by atoms with Gasteiger partial charge in [0.25, 0.3) is 6.43 Å². The van der Waals surface area contributed by atoms with Crippen LogP contribution in [0.4, 0.5) is 8.78 Å². The second-order valence-electron chi connectivity index (χ2n) is 7.48. The quantitative estimate of drug-likeness (QED) is 0.361. The maximum absolute atomic E-state index is 12.7. The van der Waals surface area contributed by atoms with Crippen LogP contribution in [0.1, 0.15) is 39.7 Å². The van der Waals surface area contributed by atoms with Crippen molar-refractivity contribution in [2.24, 2.45) is 0 Å². The zero-order chi connectivity index (χ0) is 20.8. The van der Waals surface area contributed by atoms with E-state index in [1.807, 2.05) is 0 Å². The maximum Gasteiger partial charge on any atom is 0.261 e. The Morgan fingerprint density at radius 1 is 1.31 bits per heavy atom. The normalized spacial score (nSPS) is 28.5. The predicted octanol–water partition coefficient (Wildman–Crippen LogP) is 3.49. The minimum atomic E-state index is -2.56. The largest absolute Gasteiger partial charge is 0.369 e. The highest BCUT2D eigenvalue weighted by atomic mass is 35.5. The summed E-state index contributed by atoms with van der Waals surface area (Å²) < 4.78 is 44.5. The van der Waals surface area contributed by atoms with Gasteiger partial charge in [-0.15, -0.1) is 5.10 Å². The highest BCUT2D eigenvalue weighted by Crippen LogP contribution is 2.45. The first-order valence-corrected chi connectivity index (χ1v) is 10.8. The standard InChI is InChI=1S/C17H22ClF2N5O3S/c1-4-5-29-16-21-14(18)11-15(22-16)25(24-23-11)8-6-9(26-7-10(19)20)13-12(8)27-17(2,3)28-13/h8-10,12-13H,4-7H2,1-3H3/t8-,9+,12?,13-/m1/s1. The van der Waals surface area contributed by atoms with Crippen molar-refractivity contribution in [3.63, 3.8) is 0 Å². The average molecular weight is 450 g/mol. The number of halogens is 3. The Bertz CT molecular complexity index is 886. The van der Waals surface area contributed by atoms with Crippen molar-refractivity contribution < 1.29 is 23.0 Å². The molecule has 1 aliphatic carbocycles. The number of hydrogen-bond donors (Lipinski definition) is 0. The van der Waals surface area contributed by atoms with Gasteiger partial charge in [0.1, 0.15) is 18.8 Å². The molecule has 1 unspecified atom stereocenters. The zero-order valence-electron chi connectivity index (χ0n) is 16.2. The molecular weight excluding hydrogens is 428 g/mol. The first kappa shape index (κ1) is 21.1. The van der Waals surface area contributed by atoms with E-state index < -0.39 is 37.1 Å². The minimum absolute atomic E-state index is 0.226. The van der Waals surface area contributed by atoms with Gasteiger partial charge >= 0.3 is 0 Å². The number of fused-ring (bicyclic) bond motifs is 2. The number of ether oxygens (including phenoxy) is 3. The lowest BCUT2D eigenvalue weighted by Gasteiger charge is -2.23. The molecule has 1 saturated heterocycles. The second kappa shape index (κ2) is 8.18. The highest BCUT2D eigenvalue weighted by Gasteiger charge is 2.56. The van der Waals surface area contributed by atoms with Gasteiger partial charge in [-0.25, -0.2) is 23.4 Å². The molecule has 8 nitrogen and oxygen atoms in total. The molecule has 12 heteroatoms. The molecule has 0 amide bonds. The Morgan fingerprint density at radius 2 is 2.07 bits per heavy atom. The van der Waals surface area contributed by atoms with Crippen LogP contribution in [0.25, 0.3) is 11.2 Å². The average Bonchev–Trinajstić information content (AvgIpc) is 3.29. The third-order valence-corrected chi connectivity index (χ3v) is 6.15. The van der Waals surface area contributed by atoms with Crippen molar-refractivity contribution >= 4 is 34.5 Å². The molecule has 4 rings (SSSR count). The van der Waals surface area contributed by atoms with Gasteiger partial charge in [-0.3, -0.25) is 0 Å². The van der Waals surface area contributed by atoms with E-state index in [-0.39, 0.29) is 11.2 Å². The van der Waals surface area contributed by atoms with Gasteiger partial charge in [0.2, 0.25) is 0 Å². The summed E-state index contributed by atoms with van der Waals surface area (Å²) in [7, 11) is 0. The minimum Gasteiger partial charge on any atom is -0.369 e. The highest BCUT2D eigenvalue weighted by molar-refractivity contribution is 7.99. The molecule has 2 aromatic heterocycles. The number of rotatable bonds is 7. The Kier molecular flexibility index (Phi) is 5.95. The third-order valence-electron chi connectivity index (χ3n) is 4.83. The van der Waals surface area contributed by atoms with Gasteiger partial charge in [0.15, 0.2) is 27.3 Å². The molecule has 0 spiro atoms. The van der Waals surface area contributed by atoms with Crippen LogP contribution in [0.5, 0.6) is 0 Å². The SMILES string of the molecule is CCCSc1nc(Cl)c2nnn([C@@H]3C[C@H](OCC(F)F)[C@H]4OC(C)(C)OC34)c2n1. The molecule has 2 aliphatic rings. The van der Waals surface area contributed by atoms with Crippen molar-refractivity contribution in [2.75, 3.05) is 12.4 Å². The molecule has 2 aromatic rings. The fourth-order valence-electron chi connectivity index (χ4n) is 3.77. The summed E-state index contributed by atoms with van der Waals surface area (Å²) in [4.78, 5) is 8.85. The molecule has 3 heterocycles. The molecule has 160 valence electrons. The van der Waals surface area contributed by atoms with Crippen LogP contribution in [0, 0.1) is 0 Å². The van der Waals surface area contributed by atoms with Crippen molar-refractivity contribution in [1.29, 1.82) is 0 Å². The summed E-state index contributed by atoms with van der Waals surface area (Å²) in [6, 6.07) is -0.343. The van der Waals surface area contributed by atoms with Crippen LogP contribution in [0.15, 0.2) is 5.16 Å². The van der Waals surface area contributed by atoms with E-state index in [9.17, 15) is 8.78 Å². The van der Waals surface area contributed by atoms with Crippen molar-refractivity contribution in [2.45, 2.75) is 75.3 Å². The number of hydrogen-bond acceptors (Lipinski definition) is 8. The Morgan fingerprint density at radius 3 is 2.79 bits per heavy atom. The molecule has 4 atom stereocenters. The van der Waals surface area contributed by atoms with Crippen LogP contribution in [-0.4, -0.2) is 67.8 Å². The summed E-state index contributed by atoms with van der Waals surface area (Å²) in [5.74, 6) is -0.00217. The molecule has 0 aromatic carbocycles. The molecule has 1 saturated carbocycles. The van der Waals surface area contributed by atoms with Crippen LogP contribution in [0.3, 0.4) is 0 Å². The fraction of sp³-hybridized carbons (Fsp3) is 0.765. The van der Waals surface area contributed by atoms with E-state index in [1.54, 1.807) is 18.5 Å². The zero-order valence-corrected chi connectivity index (χ0v) is 17.8. The third kappa shape index (κ3) is 4.20. The summed E-state index contributed by atoms with van der Waals surface area (Å²) >= 11 is 7.78. The Labute approximate surface area is 175 Å². The van der Waals surface area contributed by atoms with Gasteiger partial charge in [-0.2, -0.15) is 0 Å². The van der Waals surface area contributed by atoms with Gasteiger partial charge in [0.05, 0.1) is 12.1 Å². The molecule has 29 heavy (non-hydrogen) atoms. The maximum atomic E-state index is 12.7. The fourth-order valence-corrected chi connectivity index (χ4v) is 4.71. The van der Waals surface area contributed by atoms with E-state index in [2.05, 4.69) is 27.2 Å². The summed E-state index contributed by atoms with van der Waals surface area (Å²) in [5, 5.41) is 9.12. The molecule has 0 N–H and O–H groups in total. The van der Waals surface area contributed by atoms with E-state index in [0.29, 0.717) is 22.7 Å². The predicted molar refractivity (Wildman–Crippen MR) is 102 cm³/mol. The van der Waals surface area contributed by atoms with Gasteiger partial charge in [-0.05, 0) is 20.3 Å². The molecule has 1 aliphatic heterocycles. The molecule has 0 radical (unpaired) electrons. The van der Waals surface area contributed by atoms with E-state index in [0.717, 1.165) is 12.2 Å². The topological polar surface area (TPSA) is 84.2 Å². The lowest BCUT2D eigenvalue weighted by Crippen LogP contribution is -2.32. The van der Waals surface area contributed by atoms with Gasteiger partial charge in [-0.1, -0.05) is 35.5 Å². The summed E-state index contributed by atoms with van der Waals surface area (Å²) in [6.07, 6.45) is -2.67. The van der Waals surface area contributed by atoms with E-state index in [4.69, 9.17) is 25.8 Å². The van der Waals surface area contributed by atoms with Crippen LogP contribution >= 0.6 is 23.4 Å². The lowest BCUT2D eigenvalue weighted by molar-refractivity contribution is -0.173.